The molecule has 1 fully saturated rings. The molecule has 4 heterocycles. The third-order valence-corrected chi connectivity index (χ3v) is 5.94. The summed E-state index contributed by atoms with van der Waals surface area (Å²) >= 11 is 0. The Bertz CT molecular complexity index is 1260. The van der Waals surface area contributed by atoms with Gasteiger partial charge in [-0.2, -0.15) is 20.6 Å². The highest BCUT2D eigenvalue weighted by Crippen LogP contribution is 2.44. The Kier molecular flexibility index (Phi) is 4.10. The predicted octanol–water partition coefficient (Wildman–Crippen LogP) is 2.85. The molecule has 30 heavy (non-hydrogen) atoms. The van der Waals surface area contributed by atoms with Crippen LogP contribution >= 0.6 is 0 Å². The number of anilines is 1. The third-order valence-electron chi connectivity index (χ3n) is 5.94. The van der Waals surface area contributed by atoms with Gasteiger partial charge in [-0.05, 0) is 25.3 Å². The molecule has 9 nitrogen and oxygen atoms in total. The minimum atomic E-state index is -0.213. The van der Waals surface area contributed by atoms with E-state index in [0.29, 0.717) is 6.42 Å². The Hall–Kier alpha value is -3.67. The van der Waals surface area contributed by atoms with E-state index >= 15 is 0 Å². The zero-order valence-corrected chi connectivity index (χ0v) is 17.3. The molecule has 0 aliphatic heterocycles. The van der Waals surface area contributed by atoms with Crippen molar-refractivity contribution in [3.8, 4) is 28.6 Å². The van der Waals surface area contributed by atoms with Crippen molar-refractivity contribution >= 4 is 11.3 Å². The molecule has 152 valence electrons. The molecule has 0 atom stereocenters. The first-order chi connectivity index (χ1) is 14.5. The second-order valence-electron chi connectivity index (χ2n) is 8.16. The number of nitriles is 1. The smallest absolute Gasteiger partial charge is 0.159 e. The van der Waals surface area contributed by atoms with Gasteiger partial charge in [0.1, 0.15) is 5.69 Å². The lowest BCUT2D eigenvalue weighted by Crippen LogP contribution is -2.40. The van der Waals surface area contributed by atoms with Gasteiger partial charge in [-0.15, -0.1) is 0 Å². The highest BCUT2D eigenvalue weighted by Gasteiger charge is 2.40. The van der Waals surface area contributed by atoms with Crippen LogP contribution in [0.4, 0.5) is 5.82 Å². The molecule has 0 amide bonds. The van der Waals surface area contributed by atoms with Crippen LogP contribution in [-0.2, 0) is 12.6 Å². The fourth-order valence-electron chi connectivity index (χ4n) is 4.14. The molecule has 0 saturated heterocycles. The number of fused-ring (bicyclic) bond motifs is 1. The van der Waals surface area contributed by atoms with Crippen LogP contribution in [0, 0.1) is 11.3 Å². The largest absolute Gasteiger partial charge is 0.361 e. The van der Waals surface area contributed by atoms with Crippen molar-refractivity contribution in [1.29, 1.82) is 5.26 Å². The summed E-state index contributed by atoms with van der Waals surface area (Å²) in [4.78, 5) is 6.99. The maximum absolute atomic E-state index is 9.38. The Balaban J connectivity index is 1.72. The van der Waals surface area contributed by atoms with Crippen molar-refractivity contribution in [3.05, 3.63) is 37.1 Å². The fraction of sp³-hybridized carbons (Fsp3) is 0.381. The van der Waals surface area contributed by atoms with Crippen molar-refractivity contribution in [2.75, 3.05) is 19.0 Å². The molecule has 4 aromatic rings. The number of hydrogen-bond donors (Lipinski definition) is 0. The van der Waals surface area contributed by atoms with Crippen LogP contribution < -0.4 is 4.90 Å². The van der Waals surface area contributed by atoms with Gasteiger partial charge in [0.05, 0.1) is 53.4 Å². The van der Waals surface area contributed by atoms with Crippen molar-refractivity contribution in [2.45, 2.75) is 31.2 Å². The normalized spacial score (nSPS) is 15.1. The van der Waals surface area contributed by atoms with E-state index < -0.39 is 0 Å². The van der Waals surface area contributed by atoms with Crippen molar-refractivity contribution in [1.82, 2.24) is 34.2 Å². The van der Waals surface area contributed by atoms with E-state index in [4.69, 9.17) is 10.1 Å². The van der Waals surface area contributed by atoms with E-state index in [0.717, 1.165) is 53.1 Å². The van der Waals surface area contributed by atoms with E-state index in [9.17, 15) is 5.26 Å². The van der Waals surface area contributed by atoms with Gasteiger partial charge in [0.15, 0.2) is 5.82 Å². The van der Waals surface area contributed by atoms with Crippen molar-refractivity contribution in [2.24, 2.45) is 7.05 Å². The highest BCUT2D eigenvalue weighted by molar-refractivity contribution is 5.84. The first kappa shape index (κ1) is 18.4. The summed E-state index contributed by atoms with van der Waals surface area (Å²) in [6.45, 7) is 0. The summed E-state index contributed by atoms with van der Waals surface area (Å²) in [7, 11) is 5.84. The van der Waals surface area contributed by atoms with Crippen LogP contribution in [0.25, 0.3) is 28.0 Å². The van der Waals surface area contributed by atoms with Crippen LogP contribution in [0.1, 0.15) is 25.7 Å². The van der Waals surface area contributed by atoms with Gasteiger partial charge < -0.3 is 4.90 Å². The van der Waals surface area contributed by atoms with Gasteiger partial charge in [-0.25, -0.2) is 9.50 Å². The van der Waals surface area contributed by atoms with Crippen LogP contribution in [0.3, 0.4) is 0 Å². The number of aromatic nitrogens is 7. The quantitative estimate of drug-likeness (QED) is 0.510. The molecular weight excluding hydrogens is 378 g/mol. The molecule has 4 aromatic heterocycles. The summed E-state index contributed by atoms with van der Waals surface area (Å²) in [5.41, 5.74) is 4.16. The SMILES string of the molecule is CN(C)c1nn(C2(CC#N)CCC2)cc1-c1nc(-c2cnn(C)c2)cn2nccc12. The van der Waals surface area contributed by atoms with Crippen LogP contribution in [0.2, 0.25) is 0 Å². The average Bonchev–Trinajstić information content (AvgIpc) is 3.42. The van der Waals surface area contributed by atoms with Gasteiger partial charge in [-0.3, -0.25) is 9.36 Å². The molecule has 0 radical (unpaired) electrons. The molecule has 1 aliphatic rings. The first-order valence-corrected chi connectivity index (χ1v) is 9.99. The Morgan fingerprint density at radius 3 is 2.67 bits per heavy atom. The van der Waals surface area contributed by atoms with Crippen molar-refractivity contribution < 1.29 is 0 Å². The summed E-state index contributed by atoms with van der Waals surface area (Å²) in [6.07, 6.45) is 13.0. The fourth-order valence-corrected chi connectivity index (χ4v) is 4.14. The number of nitrogens with zero attached hydrogens (tertiary/aromatic N) is 9. The molecule has 1 aliphatic carbocycles. The standard InChI is InChI=1S/C21H23N9/c1-27(2)20-16(13-30(26-20)21(8-9-22)6-4-7-21)19-18-5-10-23-29(18)14-17(25-19)15-11-24-28(3)12-15/h5,10-14H,4,6-8H2,1-3H3. The maximum Gasteiger partial charge on any atom is 0.159 e. The molecule has 0 bridgehead atoms. The Labute approximate surface area is 174 Å². The minimum Gasteiger partial charge on any atom is -0.361 e. The second-order valence-corrected chi connectivity index (χ2v) is 8.16. The van der Waals surface area contributed by atoms with Crippen LogP contribution in [0.5, 0.6) is 0 Å². The molecular formula is C21H23N9. The topological polar surface area (TPSA) is 92.9 Å². The van der Waals surface area contributed by atoms with E-state index in [-0.39, 0.29) is 5.54 Å². The lowest BCUT2D eigenvalue weighted by molar-refractivity contribution is 0.130. The Morgan fingerprint density at radius 1 is 1.20 bits per heavy atom. The summed E-state index contributed by atoms with van der Waals surface area (Å²) < 4.78 is 5.60. The second kappa shape index (κ2) is 6.69. The first-order valence-electron chi connectivity index (χ1n) is 9.99. The van der Waals surface area contributed by atoms with Crippen LogP contribution in [-0.4, -0.2) is 48.3 Å². The summed E-state index contributed by atoms with van der Waals surface area (Å²) in [5.74, 6) is 0.832. The molecule has 1 saturated carbocycles. The van der Waals surface area contributed by atoms with Crippen LogP contribution in [0.15, 0.2) is 37.1 Å². The highest BCUT2D eigenvalue weighted by atomic mass is 15.4. The zero-order chi connectivity index (χ0) is 20.9. The number of rotatable bonds is 5. The number of hydrogen-bond acceptors (Lipinski definition) is 6. The molecule has 0 spiro atoms. The van der Waals surface area contributed by atoms with E-state index in [1.54, 1.807) is 17.1 Å². The number of aryl methyl sites for hydroxylation is 1. The molecule has 0 unspecified atom stereocenters. The molecule has 0 aromatic carbocycles. The average molecular weight is 401 g/mol. The van der Waals surface area contributed by atoms with Crippen molar-refractivity contribution in [3.63, 3.8) is 0 Å². The van der Waals surface area contributed by atoms with Gasteiger partial charge in [0.25, 0.3) is 0 Å². The summed E-state index contributed by atoms with van der Waals surface area (Å²) in [5, 5.41) is 23.0. The maximum atomic E-state index is 9.38. The molecule has 9 heteroatoms. The van der Waals surface area contributed by atoms with Gasteiger partial charge in [0, 0.05) is 39.1 Å². The zero-order valence-electron chi connectivity index (χ0n) is 17.3. The van der Waals surface area contributed by atoms with Gasteiger partial charge >= 0.3 is 0 Å². The lowest BCUT2D eigenvalue weighted by Gasteiger charge is -2.40. The van der Waals surface area contributed by atoms with E-state index in [1.807, 2.05) is 59.9 Å². The monoisotopic (exact) mass is 401 g/mol. The Morgan fingerprint density at radius 2 is 2.03 bits per heavy atom. The molecule has 0 N–H and O–H groups in total. The predicted molar refractivity (Wildman–Crippen MR) is 113 cm³/mol. The van der Waals surface area contributed by atoms with E-state index in [2.05, 4.69) is 16.3 Å². The molecule has 5 rings (SSSR count). The lowest BCUT2D eigenvalue weighted by atomic mass is 9.75. The minimum absolute atomic E-state index is 0.213. The van der Waals surface area contributed by atoms with Gasteiger partial charge in [0.2, 0.25) is 0 Å². The van der Waals surface area contributed by atoms with E-state index in [1.165, 1.54) is 0 Å². The van der Waals surface area contributed by atoms with Gasteiger partial charge in [-0.1, -0.05) is 0 Å². The third kappa shape index (κ3) is 2.76. The summed E-state index contributed by atoms with van der Waals surface area (Å²) in [6, 6.07) is 4.31.